The highest BCUT2D eigenvalue weighted by molar-refractivity contribution is 6.70. The van der Waals surface area contributed by atoms with Crippen molar-refractivity contribution in [2.45, 2.75) is 71.5 Å². The second-order valence-corrected chi connectivity index (χ2v) is 12.5. The van der Waals surface area contributed by atoms with Crippen LogP contribution in [0.5, 0.6) is 0 Å². The van der Waals surface area contributed by atoms with Crippen molar-refractivity contribution in [3.05, 3.63) is 0 Å². The molecule has 0 saturated carbocycles. The maximum absolute atomic E-state index is 5.62. The quantitative estimate of drug-likeness (QED) is 0.532. The van der Waals surface area contributed by atoms with Crippen molar-refractivity contribution in [1.29, 1.82) is 0 Å². The molecule has 2 unspecified atom stereocenters. The van der Waals surface area contributed by atoms with Gasteiger partial charge in [0.2, 0.25) is 0 Å². The van der Waals surface area contributed by atoms with E-state index >= 15 is 0 Å². The van der Waals surface area contributed by atoms with Crippen molar-refractivity contribution in [3.8, 4) is 0 Å². The molecule has 0 N–H and O–H groups in total. The molecule has 0 fully saturated rings. The molecule has 0 heterocycles. The van der Waals surface area contributed by atoms with Crippen LogP contribution >= 0.6 is 0 Å². The van der Waals surface area contributed by atoms with E-state index in [1.165, 1.54) is 6.42 Å². The predicted octanol–water partition coefficient (Wildman–Crippen LogP) is 4.75. The Labute approximate surface area is 142 Å². The van der Waals surface area contributed by atoms with Gasteiger partial charge in [-0.25, -0.2) is 0 Å². The third-order valence-corrected chi connectivity index (χ3v) is 11.0. The van der Waals surface area contributed by atoms with E-state index < -0.39 is 17.8 Å². The van der Waals surface area contributed by atoms with Gasteiger partial charge >= 0.3 is 17.8 Å². The molecule has 0 spiro atoms. The lowest BCUT2D eigenvalue weighted by Crippen LogP contribution is -2.46. The maximum atomic E-state index is 5.62. The van der Waals surface area contributed by atoms with Crippen LogP contribution in [0.15, 0.2) is 0 Å². The minimum atomic E-state index is -1.92. The van der Waals surface area contributed by atoms with Crippen LogP contribution in [0.3, 0.4) is 0 Å². The fraction of sp³-hybridized carbons (Fsp3) is 1.00. The third kappa shape index (κ3) is 8.22. The third-order valence-electron chi connectivity index (χ3n) is 4.41. The van der Waals surface area contributed by atoms with E-state index in [1.807, 2.05) is 0 Å². The monoisotopic (exact) mass is 351 g/mol. The molecule has 1 radical (unpaired) electrons. The Morgan fingerprint density at radius 1 is 0.818 bits per heavy atom. The minimum Gasteiger partial charge on any atom is -0.397 e. The van der Waals surface area contributed by atoms with Crippen LogP contribution in [-0.4, -0.2) is 46.3 Å². The Morgan fingerprint density at radius 3 is 1.45 bits per heavy atom. The second kappa shape index (κ2) is 13.7. The first-order valence-electron chi connectivity index (χ1n) is 8.33. The highest BCUT2D eigenvalue weighted by Crippen LogP contribution is 2.35. The molecule has 0 aromatic heterocycles. The summed E-state index contributed by atoms with van der Waals surface area (Å²) in [5.74, 6) is 0.730. The largest absolute Gasteiger partial charge is 0.397 e. The van der Waals surface area contributed by atoms with Gasteiger partial charge in [-0.2, -0.15) is 0 Å². The Balaban J connectivity index is 0. The van der Waals surface area contributed by atoms with Crippen LogP contribution in [0.25, 0.3) is 0 Å². The summed E-state index contributed by atoms with van der Waals surface area (Å²) in [6, 6.07) is 1.09. The summed E-state index contributed by atoms with van der Waals surface area (Å²) in [6.07, 6.45) is 2.34. The number of rotatable bonds is 10. The fourth-order valence-corrected chi connectivity index (χ4v) is 7.47. The number of hydrogen-bond acceptors (Lipinski definition) is 4. The van der Waals surface area contributed by atoms with E-state index in [4.69, 9.17) is 17.7 Å². The summed E-state index contributed by atoms with van der Waals surface area (Å²) in [6.45, 7) is 13.2. The van der Waals surface area contributed by atoms with Crippen molar-refractivity contribution in [3.63, 3.8) is 0 Å². The first-order chi connectivity index (χ1) is 10.3. The van der Waals surface area contributed by atoms with Crippen LogP contribution in [0.2, 0.25) is 17.1 Å². The molecule has 135 valence electrons. The predicted molar refractivity (Wildman–Crippen MR) is 98.6 cm³/mol. The van der Waals surface area contributed by atoms with Gasteiger partial charge in [0.1, 0.15) is 0 Å². The van der Waals surface area contributed by atoms with Gasteiger partial charge in [-0.15, -0.1) is 0 Å². The van der Waals surface area contributed by atoms with Crippen LogP contribution in [0.4, 0.5) is 0 Å². The maximum Gasteiger partial charge on any atom is 0.384 e. The zero-order chi connectivity index (χ0) is 17.8. The highest BCUT2D eigenvalue weighted by atomic mass is 28.4. The van der Waals surface area contributed by atoms with Gasteiger partial charge in [-0.3, -0.25) is 0 Å². The van der Waals surface area contributed by atoms with Crippen molar-refractivity contribution in [2.75, 3.05) is 28.4 Å². The molecule has 0 aliphatic carbocycles. The zero-order valence-corrected chi connectivity index (χ0v) is 18.5. The molecule has 4 nitrogen and oxygen atoms in total. The summed E-state index contributed by atoms with van der Waals surface area (Å²) in [7, 11) is 4.15. The normalized spacial score (nSPS) is 14.7. The van der Waals surface area contributed by atoms with Crippen LogP contribution < -0.4 is 0 Å². The van der Waals surface area contributed by atoms with E-state index in [-0.39, 0.29) is 0 Å². The van der Waals surface area contributed by atoms with Crippen molar-refractivity contribution < 1.29 is 17.7 Å². The molecule has 0 aliphatic rings. The summed E-state index contributed by atoms with van der Waals surface area (Å²) in [5.41, 5.74) is 1.08. The first-order valence-corrected chi connectivity index (χ1v) is 11.8. The molecular formula is C16H39O4Si2. The molecule has 0 rings (SSSR count). The second-order valence-electron chi connectivity index (χ2n) is 6.09. The molecule has 0 aliphatic heterocycles. The Hall–Kier alpha value is 0.274. The molecule has 2 atom stereocenters. The Kier molecular flexibility index (Phi) is 15.3. The Bertz CT molecular complexity index is 244. The summed E-state index contributed by atoms with van der Waals surface area (Å²) >= 11 is 0. The molecule has 0 aromatic carbocycles. The summed E-state index contributed by atoms with van der Waals surface area (Å²) in [5, 5.41) is 0. The van der Waals surface area contributed by atoms with Gasteiger partial charge in [0.05, 0.1) is 0 Å². The SMILES string of the molecule is CCC(C)C[Si](OC)OC.CCC(C)[Si](OC)(OC)C(C)C. The fourth-order valence-electron chi connectivity index (χ4n) is 2.49. The van der Waals surface area contributed by atoms with Crippen LogP contribution in [-0.2, 0) is 17.7 Å². The van der Waals surface area contributed by atoms with Crippen LogP contribution in [0, 0.1) is 5.92 Å². The molecular weight excluding hydrogens is 312 g/mol. The van der Waals surface area contributed by atoms with Gasteiger partial charge in [0, 0.05) is 28.4 Å². The van der Waals surface area contributed by atoms with Crippen molar-refractivity contribution in [1.82, 2.24) is 0 Å². The van der Waals surface area contributed by atoms with Gasteiger partial charge in [-0.05, 0) is 23.0 Å². The van der Waals surface area contributed by atoms with Crippen molar-refractivity contribution in [2.24, 2.45) is 5.92 Å². The van der Waals surface area contributed by atoms with E-state index in [0.29, 0.717) is 11.1 Å². The van der Waals surface area contributed by atoms with E-state index in [9.17, 15) is 0 Å². The Morgan fingerprint density at radius 2 is 1.27 bits per heavy atom. The molecule has 0 amide bonds. The first kappa shape index (κ1) is 24.5. The molecule has 0 bridgehead atoms. The lowest BCUT2D eigenvalue weighted by atomic mass is 10.2. The summed E-state index contributed by atoms with van der Waals surface area (Å²) < 4.78 is 21.5. The summed E-state index contributed by atoms with van der Waals surface area (Å²) in [4.78, 5) is 0. The van der Waals surface area contributed by atoms with E-state index in [0.717, 1.165) is 18.4 Å². The van der Waals surface area contributed by atoms with E-state index in [2.05, 4.69) is 41.5 Å². The minimum absolute atomic E-state index is 0.516. The average Bonchev–Trinajstić information content (AvgIpc) is 2.53. The van der Waals surface area contributed by atoms with Gasteiger partial charge in [-0.1, -0.05) is 54.4 Å². The standard InChI is InChI=1S/C9H22O2Si.C7H17O2Si/c1-7-9(4)12(10-5,11-6)8(2)3;1-5-7(2)6-10(8-3)9-4/h8-9H,7H2,1-6H3;7H,5-6H2,1-4H3. The molecule has 22 heavy (non-hydrogen) atoms. The lowest BCUT2D eigenvalue weighted by molar-refractivity contribution is 0.220. The number of hydrogen-bond donors (Lipinski definition) is 0. The van der Waals surface area contributed by atoms with Crippen LogP contribution in [0.1, 0.15) is 54.4 Å². The van der Waals surface area contributed by atoms with Gasteiger partial charge in [0.25, 0.3) is 0 Å². The van der Waals surface area contributed by atoms with Gasteiger partial charge in [0.15, 0.2) is 0 Å². The molecule has 0 saturated heterocycles. The molecule has 6 heteroatoms. The van der Waals surface area contributed by atoms with E-state index in [1.54, 1.807) is 28.4 Å². The zero-order valence-electron chi connectivity index (χ0n) is 16.5. The lowest BCUT2D eigenvalue weighted by Gasteiger charge is -2.35. The van der Waals surface area contributed by atoms with Crippen molar-refractivity contribution >= 4 is 17.8 Å². The average molecular weight is 352 g/mol. The smallest absolute Gasteiger partial charge is 0.384 e. The highest BCUT2D eigenvalue weighted by Gasteiger charge is 2.44. The van der Waals surface area contributed by atoms with Gasteiger partial charge < -0.3 is 17.7 Å². The molecule has 0 aromatic rings. The topological polar surface area (TPSA) is 36.9 Å².